The molecule has 1 aliphatic rings. The molecular weight excluding hydrogens is 396 g/mol. The fraction of sp³-hybridized carbons (Fsp3) is 0.526. The van der Waals surface area contributed by atoms with Crippen LogP contribution in [0.4, 0.5) is 5.69 Å². The van der Waals surface area contributed by atoms with E-state index in [1.54, 1.807) is 9.80 Å². The van der Waals surface area contributed by atoms with E-state index in [-0.39, 0.29) is 28.5 Å². The van der Waals surface area contributed by atoms with Gasteiger partial charge in [-0.1, -0.05) is 13.8 Å². The third kappa shape index (κ3) is 6.01. The number of sulfonamides is 1. The standard InChI is InChI=1S/C19H28N4O5S/c1-13(2)18(25)22-9-11-23(12-10-22)19(26)14(3)21-29(27,28)17-7-5-16(6-8-17)20-15(4)24/h5-8,13-14,21H,9-12H2,1-4H3,(H,20,24)/t14-/m0/s1. The van der Waals surface area contributed by atoms with Crippen LogP contribution < -0.4 is 10.0 Å². The number of nitrogens with zero attached hydrogens (tertiary/aromatic N) is 2. The minimum atomic E-state index is -3.90. The van der Waals surface area contributed by atoms with Crippen molar-refractivity contribution in [2.45, 2.75) is 38.6 Å². The molecule has 10 heteroatoms. The van der Waals surface area contributed by atoms with E-state index in [0.717, 1.165) is 0 Å². The van der Waals surface area contributed by atoms with Crippen molar-refractivity contribution in [2.75, 3.05) is 31.5 Å². The van der Waals surface area contributed by atoms with Gasteiger partial charge in [0.2, 0.25) is 27.7 Å². The van der Waals surface area contributed by atoms with Crippen molar-refractivity contribution in [1.29, 1.82) is 0 Å². The minimum Gasteiger partial charge on any atom is -0.339 e. The van der Waals surface area contributed by atoms with Crippen LogP contribution >= 0.6 is 0 Å². The highest BCUT2D eigenvalue weighted by molar-refractivity contribution is 7.89. The van der Waals surface area contributed by atoms with Crippen molar-refractivity contribution in [2.24, 2.45) is 5.92 Å². The van der Waals surface area contributed by atoms with E-state index >= 15 is 0 Å². The summed E-state index contributed by atoms with van der Waals surface area (Å²) in [5.41, 5.74) is 0.481. The van der Waals surface area contributed by atoms with Gasteiger partial charge in [0.05, 0.1) is 10.9 Å². The molecule has 1 aromatic rings. The zero-order chi connectivity index (χ0) is 21.8. The molecule has 1 atom stereocenters. The number of piperazine rings is 1. The van der Waals surface area contributed by atoms with Crippen molar-refractivity contribution in [3.8, 4) is 0 Å². The van der Waals surface area contributed by atoms with Gasteiger partial charge in [-0.2, -0.15) is 4.72 Å². The summed E-state index contributed by atoms with van der Waals surface area (Å²) in [4.78, 5) is 39.0. The third-order valence-corrected chi connectivity index (χ3v) is 6.14. The van der Waals surface area contributed by atoms with Crippen molar-refractivity contribution in [1.82, 2.24) is 14.5 Å². The molecule has 1 fully saturated rings. The lowest BCUT2D eigenvalue weighted by atomic mass is 10.1. The molecule has 0 saturated carbocycles. The summed E-state index contributed by atoms with van der Waals surface area (Å²) in [7, 11) is -3.90. The number of carbonyl (C=O) groups is 3. The van der Waals surface area contributed by atoms with E-state index in [9.17, 15) is 22.8 Å². The Balaban J connectivity index is 1.96. The van der Waals surface area contributed by atoms with Crippen LogP contribution in [-0.2, 0) is 24.4 Å². The van der Waals surface area contributed by atoms with Gasteiger partial charge in [-0.3, -0.25) is 14.4 Å². The first-order valence-electron chi connectivity index (χ1n) is 9.49. The summed E-state index contributed by atoms with van der Waals surface area (Å²) in [5.74, 6) is -0.637. The van der Waals surface area contributed by atoms with Gasteiger partial charge < -0.3 is 15.1 Å². The second-order valence-corrected chi connectivity index (χ2v) is 9.07. The zero-order valence-electron chi connectivity index (χ0n) is 17.1. The fourth-order valence-electron chi connectivity index (χ4n) is 3.06. The van der Waals surface area contributed by atoms with Crippen LogP contribution in [0, 0.1) is 5.92 Å². The summed E-state index contributed by atoms with van der Waals surface area (Å²) in [6, 6.07) is 4.74. The Morgan fingerprint density at radius 2 is 1.38 bits per heavy atom. The molecule has 0 bridgehead atoms. The van der Waals surface area contributed by atoms with Crippen LogP contribution in [0.3, 0.4) is 0 Å². The molecule has 29 heavy (non-hydrogen) atoms. The quantitative estimate of drug-likeness (QED) is 0.695. The maximum absolute atomic E-state index is 12.6. The second kappa shape index (κ2) is 9.36. The van der Waals surface area contributed by atoms with Crippen molar-refractivity contribution < 1.29 is 22.8 Å². The van der Waals surface area contributed by atoms with Gasteiger partial charge in [-0.05, 0) is 31.2 Å². The van der Waals surface area contributed by atoms with Crippen LogP contribution in [-0.4, -0.2) is 68.2 Å². The number of benzene rings is 1. The Morgan fingerprint density at radius 3 is 1.83 bits per heavy atom. The molecule has 1 aliphatic heterocycles. The van der Waals surface area contributed by atoms with Gasteiger partial charge in [0.25, 0.3) is 0 Å². The predicted octanol–water partition coefficient (Wildman–Crippen LogP) is 0.639. The van der Waals surface area contributed by atoms with E-state index in [1.807, 2.05) is 13.8 Å². The molecule has 9 nitrogen and oxygen atoms in total. The molecule has 1 saturated heterocycles. The van der Waals surface area contributed by atoms with Crippen molar-refractivity contribution in [3.05, 3.63) is 24.3 Å². The lowest BCUT2D eigenvalue weighted by Crippen LogP contribution is -2.55. The highest BCUT2D eigenvalue weighted by Gasteiger charge is 2.30. The first-order chi connectivity index (χ1) is 13.5. The molecule has 160 valence electrons. The van der Waals surface area contributed by atoms with Gasteiger partial charge in [0.15, 0.2) is 0 Å². The highest BCUT2D eigenvalue weighted by Crippen LogP contribution is 2.15. The smallest absolute Gasteiger partial charge is 0.241 e. The molecule has 1 heterocycles. The largest absolute Gasteiger partial charge is 0.339 e. The molecular formula is C19H28N4O5S. The Hall–Kier alpha value is -2.46. The van der Waals surface area contributed by atoms with Crippen LogP contribution in [0.1, 0.15) is 27.7 Å². The van der Waals surface area contributed by atoms with Gasteiger partial charge in [0.1, 0.15) is 0 Å². The summed E-state index contributed by atoms with van der Waals surface area (Å²) in [5, 5.41) is 2.56. The van der Waals surface area contributed by atoms with Gasteiger partial charge in [-0.15, -0.1) is 0 Å². The van der Waals surface area contributed by atoms with E-state index in [0.29, 0.717) is 31.9 Å². The Labute approximate surface area is 171 Å². The maximum Gasteiger partial charge on any atom is 0.241 e. The highest BCUT2D eigenvalue weighted by atomic mass is 32.2. The van der Waals surface area contributed by atoms with E-state index < -0.39 is 16.1 Å². The van der Waals surface area contributed by atoms with Gasteiger partial charge in [-0.25, -0.2) is 8.42 Å². The molecule has 2 N–H and O–H groups in total. The van der Waals surface area contributed by atoms with E-state index in [2.05, 4.69) is 10.0 Å². The number of amides is 3. The topological polar surface area (TPSA) is 116 Å². The number of hydrogen-bond donors (Lipinski definition) is 2. The van der Waals surface area contributed by atoms with E-state index in [4.69, 9.17) is 0 Å². The first kappa shape index (κ1) is 22.8. The molecule has 0 spiro atoms. The molecule has 1 aromatic carbocycles. The van der Waals surface area contributed by atoms with Crippen LogP contribution in [0.25, 0.3) is 0 Å². The average Bonchev–Trinajstić information content (AvgIpc) is 2.66. The molecule has 0 aromatic heterocycles. The summed E-state index contributed by atoms with van der Waals surface area (Å²) >= 11 is 0. The first-order valence-corrected chi connectivity index (χ1v) is 11.0. The van der Waals surface area contributed by atoms with Gasteiger partial charge in [0, 0.05) is 44.7 Å². The van der Waals surface area contributed by atoms with Crippen LogP contribution in [0.5, 0.6) is 0 Å². The monoisotopic (exact) mass is 424 g/mol. The lowest BCUT2D eigenvalue weighted by molar-refractivity contribution is -0.142. The normalized spacial score (nSPS) is 15.9. The molecule has 0 aliphatic carbocycles. The third-order valence-electron chi connectivity index (χ3n) is 4.58. The van der Waals surface area contributed by atoms with E-state index in [1.165, 1.54) is 38.1 Å². The van der Waals surface area contributed by atoms with Crippen LogP contribution in [0.2, 0.25) is 0 Å². The second-order valence-electron chi connectivity index (χ2n) is 7.35. The molecule has 0 radical (unpaired) electrons. The SMILES string of the molecule is CC(=O)Nc1ccc(S(=O)(=O)N[C@@H](C)C(=O)N2CCN(C(=O)C(C)C)CC2)cc1. The number of carbonyl (C=O) groups excluding carboxylic acids is 3. The van der Waals surface area contributed by atoms with Crippen molar-refractivity contribution in [3.63, 3.8) is 0 Å². The number of nitrogens with one attached hydrogen (secondary N) is 2. The molecule has 3 amide bonds. The summed E-state index contributed by atoms with van der Waals surface area (Å²) in [6.45, 7) is 8.14. The number of anilines is 1. The van der Waals surface area contributed by atoms with Crippen molar-refractivity contribution >= 4 is 33.4 Å². The predicted molar refractivity (Wildman–Crippen MR) is 109 cm³/mol. The minimum absolute atomic E-state index is 0.00129. The molecule has 2 rings (SSSR count). The number of hydrogen-bond acceptors (Lipinski definition) is 5. The number of rotatable bonds is 6. The Kier molecular flexibility index (Phi) is 7.37. The summed E-state index contributed by atoms with van der Waals surface area (Å²) in [6.07, 6.45) is 0. The summed E-state index contributed by atoms with van der Waals surface area (Å²) < 4.78 is 27.5. The van der Waals surface area contributed by atoms with Gasteiger partial charge >= 0.3 is 0 Å². The van der Waals surface area contributed by atoms with Crippen LogP contribution in [0.15, 0.2) is 29.2 Å². The maximum atomic E-state index is 12.6. The average molecular weight is 425 g/mol. The molecule has 0 unspecified atom stereocenters. The zero-order valence-corrected chi connectivity index (χ0v) is 18.0. The Bertz CT molecular complexity index is 859. The Morgan fingerprint density at radius 1 is 0.897 bits per heavy atom. The lowest BCUT2D eigenvalue weighted by Gasteiger charge is -2.36. The fourth-order valence-corrected chi connectivity index (χ4v) is 4.25.